The quantitative estimate of drug-likeness (QED) is 0.280. The monoisotopic (exact) mass is 575 g/mol. The summed E-state index contributed by atoms with van der Waals surface area (Å²) in [6.07, 6.45) is -1.84. The number of anilines is 1. The highest BCUT2D eigenvalue weighted by atomic mass is 19.4. The average molecular weight is 576 g/mol. The smallest absolute Gasteiger partial charge is 0.416 e. The van der Waals surface area contributed by atoms with E-state index in [2.05, 4.69) is 34.3 Å². The number of methoxy groups -OCH3 is 1. The lowest BCUT2D eigenvalue weighted by Gasteiger charge is -2.47. The Morgan fingerprint density at radius 2 is 1.69 bits per heavy atom. The van der Waals surface area contributed by atoms with Crippen LogP contribution < -0.4 is 9.64 Å². The first-order valence-corrected chi connectivity index (χ1v) is 13.9. The highest BCUT2D eigenvalue weighted by Gasteiger charge is 2.57. The number of piperidine rings is 1. The summed E-state index contributed by atoms with van der Waals surface area (Å²) >= 11 is 0. The molecule has 0 radical (unpaired) electrons. The number of ether oxygens (including phenoxy) is 1. The van der Waals surface area contributed by atoms with Crippen LogP contribution in [0.1, 0.15) is 53.8 Å². The normalized spacial score (nSPS) is 22.5. The SMILES string of the molecule is COc1ccc(CN2C(=O)C3(C[C@H](C)N(Cc4ccccc4)[C@H](c4cn(C)nn4)C3)c3ccc(C(F)(F)F)cc32)cc1. The predicted octanol–water partition coefficient (Wildman–Crippen LogP) is 6.05. The molecular weight excluding hydrogens is 543 g/mol. The van der Waals surface area contributed by atoms with Gasteiger partial charge >= 0.3 is 6.18 Å². The molecule has 0 bridgehead atoms. The summed E-state index contributed by atoms with van der Waals surface area (Å²) in [6, 6.07) is 20.7. The fourth-order valence-corrected chi connectivity index (χ4v) is 6.60. The van der Waals surface area contributed by atoms with Crippen LogP contribution in [-0.4, -0.2) is 39.0 Å². The number of benzene rings is 3. The number of hydrogen-bond donors (Lipinski definition) is 0. The number of amides is 1. The highest BCUT2D eigenvalue weighted by molar-refractivity contribution is 6.08. The summed E-state index contributed by atoms with van der Waals surface area (Å²) in [7, 11) is 3.36. The molecule has 1 aromatic heterocycles. The van der Waals surface area contributed by atoms with E-state index >= 15 is 0 Å². The van der Waals surface area contributed by atoms with E-state index in [1.807, 2.05) is 36.5 Å². The maximum absolute atomic E-state index is 14.6. The van der Waals surface area contributed by atoms with Gasteiger partial charge in [0.05, 0.1) is 36.4 Å². The van der Waals surface area contributed by atoms with Crippen molar-refractivity contribution in [2.75, 3.05) is 12.0 Å². The Balaban J connectivity index is 1.44. The van der Waals surface area contributed by atoms with E-state index in [9.17, 15) is 18.0 Å². The molecule has 4 aromatic rings. The third kappa shape index (κ3) is 4.93. The van der Waals surface area contributed by atoms with E-state index in [1.54, 1.807) is 31.0 Å². The van der Waals surface area contributed by atoms with Crippen LogP contribution >= 0.6 is 0 Å². The molecule has 0 N–H and O–H groups in total. The van der Waals surface area contributed by atoms with Crippen molar-refractivity contribution < 1.29 is 22.7 Å². The number of carbonyl (C=O) groups is 1. The van der Waals surface area contributed by atoms with Gasteiger partial charge in [0.15, 0.2) is 0 Å². The Bertz CT molecular complexity index is 1590. The zero-order valence-electron chi connectivity index (χ0n) is 23.7. The van der Waals surface area contributed by atoms with Crippen molar-refractivity contribution in [2.45, 2.75) is 56.5 Å². The largest absolute Gasteiger partial charge is 0.497 e. The molecule has 2 aliphatic heterocycles. The molecule has 218 valence electrons. The van der Waals surface area contributed by atoms with Gasteiger partial charge < -0.3 is 9.64 Å². The lowest BCUT2D eigenvalue weighted by atomic mass is 9.68. The zero-order valence-corrected chi connectivity index (χ0v) is 23.7. The third-order valence-corrected chi connectivity index (χ3v) is 8.61. The summed E-state index contributed by atoms with van der Waals surface area (Å²) in [5, 5.41) is 8.61. The molecule has 1 spiro atoms. The average Bonchev–Trinajstić information content (AvgIpc) is 3.50. The Hall–Kier alpha value is -4.18. The molecular formula is C32H32F3N5O2. The molecule has 3 heterocycles. The van der Waals surface area contributed by atoms with E-state index in [-0.39, 0.29) is 24.5 Å². The minimum Gasteiger partial charge on any atom is -0.497 e. The molecule has 3 aromatic carbocycles. The number of halogens is 3. The van der Waals surface area contributed by atoms with E-state index < -0.39 is 17.2 Å². The Kier molecular flexibility index (Phi) is 7.04. The van der Waals surface area contributed by atoms with E-state index in [0.29, 0.717) is 36.4 Å². The van der Waals surface area contributed by atoms with Gasteiger partial charge in [-0.3, -0.25) is 14.4 Å². The molecule has 0 aliphatic carbocycles. The van der Waals surface area contributed by atoms with E-state index in [1.165, 1.54) is 11.0 Å². The van der Waals surface area contributed by atoms with E-state index in [4.69, 9.17) is 4.74 Å². The Morgan fingerprint density at radius 1 is 0.976 bits per heavy atom. The fraction of sp³-hybridized carbons (Fsp3) is 0.344. The van der Waals surface area contributed by atoms with Gasteiger partial charge in [0.25, 0.3) is 0 Å². The van der Waals surface area contributed by atoms with Crippen LogP contribution in [0.3, 0.4) is 0 Å². The van der Waals surface area contributed by atoms with Crippen molar-refractivity contribution in [1.29, 1.82) is 0 Å². The number of aryl methyl sites for hydroxylation is 1. The van der Waals surface area contributed by atoms with Gasteiger partial charge in [-0.1, -0.05) is 53.7 Å². The summed E-state index contributed by atoms with van der Waals surface area (Å²) in [5.41, 5.74) is 1.81. The number of carbonyl (C=O) groups excluding carboxylic acids is 1. The van der Waals surface area contributed by atoms with Crippen LogP contribution in [0.2, 0.25) is 0 Å². The van der Waals surface area contributed by atoms with Crippen LogP contribution in [-0.2, 0) is 36.5 Å². The zero-order chi connectivity index (χ0) is 29.6. The number of alkyl halides is 3. The second-order valence-corrected chi connectivity index (χ2v) is 11.3. The van der Waals surface area contributed by atoms with Crippen molar-refractivity contribution in [3.63, 3.8) is 0 Å². The van der Waals surface area contributed by atoms with Crippen molar-refractivity contribution in [2.24, 2.45) is 7.05 Å². The van der Waals surface area contributed by atoms with E-state index in [0.717, 1.165) is 29.0 Å². The number of fused-ring (bicyclic) bond motifs is 2. The first-order chi connectivity index (χ1) is 20.1. The minimum atomic E-state index is -4.53. The summed E-state index contributed by atoms with van der Waals surface area (Å²) in [5.74, 6) is 0.474. The number of aromatic nitrogens is 3. The minimum absolute atomic E-state index is 0.0778. The molecule has 42 heavy (non-hydrogen) atoms. The molecule has 1 saturated heterocycles. The lowest BCUT2D eigenvalue weighted by Crippen LogP contribution is -2.53. The first kappa shape index (κ1) is 28.0. The Labute approximate surface area is 242 Å². The highest BCUT2D eigenvalue weighted by Crippen LogP contribution is 2.55. The van der Waals surface area contributed by atoms with Gasteiger partial charge in [0.2, 0.25) is 5.91 Å². The van der Waals surface area contributed by atoms with Crippen LogP contribution in [0.5, 0.6) is 5.75 Å². The molecule has 6 rings (SSSR count). The lowest BCUT2D eigenvalue weighted by molar-refractivity contribution is -0.137. The second-order valence-electron chi connectivity index (χ2n) is 11.3. The fourth-order valence-electron chi connectivity index (χ4n) is 6.60. The number of hydrogen-bond acceptors (Lipinski definition) is 5. The summed E-state index contributed by atoms with van der Waals surface area (Å²) < 4.78 is 48.6. The van der Waals surface area contributed by atoms with Crippen LogP contribution in [0.15, 0.2) is 79.0 Å². The molecule has 1 fully saturated rings. The Morgan fingerprint density at radius 3 is 2.33 bits per heavy atom. The standard InChI is InChI=1S/C32H32F3N5O2/c1-21-16-31(17-29(27-20-38(2)37-36-27)39(21)18-22-7-5-4-6-8-22)26-14-11-24(32(33,34)35)15-28(26)40(30(31)41)19-23-9-12-25(42-3)13-10-23/h4-15,20-21,29H,16-19H2,1-3H3/t21-,29-,31?/m0/s1. The molecule has 1 unspecified atom stereocenters. The van der Waals surface area contributed by atoms with Crippen LogP contribution in [0.25, 0.3) is 0 Å². The van der Waals surface area contributed by atoms with Crippen molar-refractivity contribution in [3.8, 4) is 5.75 Å². The summed E-state index contributed by atoms with van der Waals surface area (Å²) in [6.45, 7) is 2.87. The molecule has 2 aliphatic rings. The molecule has 3 atom stereocenters. The number of likely N-dealkylation sites (tertiary alicyclic amines) is 1. The van der Waals surface area contributed by atoms with Gasteiger partial charge in [-0.15, -0.1) is 5.10 Å². The van der Waals surface area contributed by atoms with Crippen molar-refractivity contribution in [3.05, 3.63) is 107 Å². The van der Waals surface area contributed by atoms with Crippen molar-refractivity contribution >= 4 is 11.6 Å². The van der Waals surface area contributed by atoms with Gasteiger partial charge in [0, 0.05) is 31.5 Å². The van der Waals surface area contributed by atoms with Crippen molar-refractivity contribution in [1.82, 2.24) is 19.9 Å². The first-order valence-electron chi connectivity index (χ1n) is 13.9. The van der Waals surface area contributed by atoms with Gasteiger partial charge in [-0.25, -0.2) is 0 Å². The third-order valence-electron chi connectivity index (χ3n) is 8.61. The van der Waals surface area contributed by atoms with Crippen LogP contribution in [0, 0.1) is 0 Å². The van der Waals surface area contributed by atoms with Gasteiger partial charge in [-0.2, -0.15) is 13.2 Å². The molecule has 0 saturated carbocycles. The van der Waals surface area contributed by atoms with Crippen LogP contribution in [0.4, 0.5) is 18.9 Å². The molecule has 7 nitrogen and oxygen atoms in total. The molecule has 1 amide bonds. The van der Waals surface area contributed by atoms with Gasteiger partial charge in [0.1, 0.15) is 5.75 Å². The number of rotatable bonds is 6. The maximum Gasteiger partial charge on any atom is 0.416 e. The molecule has 10 heteroatoms. The number of nitrogens with zero attached hydrogens (tertiary/aromatic N) is 5. The van der Waals surface area contributed by atoms with Gasteiger partial charge in [-0.05, 0) is 60.7 Å². The predicted molar refractivity (Wildman–Crippen MR) is 152 cm³/mol. The topological polar surface area (TPSA) is 63.5 Å². The summed E-state index contributed by atoms with van der Waals surface area (Å²) in [4.78, 5) is 18.4. The maximum atomic E-state index is 14.6. The second kappa shape index (κ2) is 10.6.